The monoisotopic (exact) mass is 341 g/mol. The molecule has 0 saturated carbocycles. The zero-order valence-corrected chi connectivity index (χ0v) is 13.7. The summed E-state index contributed by atoms with van der Waals surface area (Å²) < 4.78 is 24.1. The van der Waals surface area contributed by atoms with Gasteiger partial charge in [0.05, 0.1) is 0 Å². The largest absolute Gasteiger partial charge is 0.478 e. The molecule has 0 saturated heterocycles. The highest BCUT2D eigenvalue weighted by molar-refractivity contribution is 5.92. The van der Waals surface area contributed by atoms with Crippen LogP contribution in [0.1, 0.15) is 12.5 Å². The molecule has 7 heteroatoms. The molecule has 25 heavy (non-hydrogen) atoms. The first kappa shape index (κ1) is 16.6. The number of ether oxygens (including phenoxy) is 1. The van der Waals surface area contributed by atoms with Crippen LogP contribution in [0, 0.1) is 12.7 Å². The van der Waals surface area contributed by atoms with Gasteiger partial charge in [-0.25, -0.2) is 4.39 Å². The van der Waals surface area contributed by atoms with Gasteiger partial charge in [-0.3, -0.25) is 10.1 Å². The maximum Gasteiger partial charge on any atom is 0.270 e. The van der Waals surface area contributed by atoms with Gasteiger partial charge in [-0.2, -0.15) is 4.98 Å². The first-order chi connectivity index (χ1) is 12.0. The molecule has 1 unspecified atom stereocenters. The number of rotatable bonds is 5. The van der Waals surface area contributed by atoms with Crippen molar-refractivity contribution in [3.8, 4) is 17.2 Å². The summed E-state index contributed by atoms with van der Waals surface area (Å²) in [4.78, 5) is 16.3. The lowest BCUT2D eigenvalue weighted by Gasteiger charge is -2.13. The number of carbonyl (C=O) groups excluding carboxylic acids is 1. The van der Waals surface area contributed by atoms with E-state index < -0.39 is 17.8 Å². The van der Waals surface area contributed by atoms with E-state index in [2.05, 4.69) is 15.5 Å². The van der Waals surface area contributed by atoms with Crippen molar-refractivity contribution in [2.24, 2.45) is 0 Å². The highest BCUT2D eigenvalue weighted by Gasteiger charge is 2.19. The number of aryl methyl sites for hydroxylation is 1. The molecule has 1 atom stereocenters. The van der Waals surface area contributed by atoms with Gasteiger partial charge in [0.2, 0.25) is 0 Å². The standard InChI is InChI=1S/C18H16FN3O3/c1-11-7-3-4-8-13(11)17-21-18(22-25-17)20-16(23)12(2)24-15-10-6-5-9-14(15)19/h3-10,12H,1-2H3,(H,20,22,23). The summed E-state index contributed by atoms with van der Waals surface area (Å²) in [6, 6.07) is 13.4. The normalized spacial score (nSPS) is 11.8. The predicted molar refractivity (Wildman–Crippen MR) is 89.6 cm³/mol. The smallest absolute Gasteiger partial charge is 0.270 e. The minimum Gasteiger partial charge on any atom is -0.478 e. The van der Waals surface area contributed by atoms with Crippen LogP contribution >= 0.6 is 0 Å². The zero-order chi connectivity index (χ0) is 17.8. The highest BCUT2D eigenvalue weighted by atomic mass is 19.1. The minimum absolute atomic E-state index is 0.00105. The van der Waals surface area contributed by atoms with Crippen molar-refractivity contribution >= 4 is 11.9 Å². The number of anilines is 1. The van der Waals surface area contributed by atoms with E-state index >= 15 is 0 Å². The number of amides is 1. The number of aromatic nitrogens is 2. The van der Waals surface area contributed by atoms with E-state index in [9.17, 15) is 9.18 Å². The molecule has 128 valence electrons. The number of para-hydroxylation sites is 1. The highest BCUT2D eigenvalue weighted by Crippen LogP contribution is 2.22. The number of hydrogen-bond acceptors (Lipinski definition) is 5. The molecule has 1 heterocycles. The van der Waals surface area contributed by atoms with Crippen LogP contribution in [0.2, 0.25) is 0 Å². The molecule has 0 spiro atoms. The van der Waals surface area contributed by atoms with Crippen LogP contribution in [-0.2, 0) is 4.79 Å². The second kappa shape index (κ2) is 7.12. The van der Waals surface area contributed by atoms with Gasteiger partial charge >= 0.3 is 0 Å². The number of halogens is 1. The molecule has 2 aromatic carbocycles. The number of hydrogen-bond donors (Lipinski definition) is 1. The van der Waals surface area contributed by atoms with Crippen LogP contribution in [-0.4, -0.2) is 22.2 Å². The number of nitrogens with one attached hydrogen (secondary N) is 1. The molecule has 1 amide bonds. The van der Waals surface area contributed by atoms with Crippen molar-refractivity contribution in [1.29, 1.82) is 0 Å². The van der Waals surface area contributed by atoms with Gasteiger partial charge in [0.25, 0.3) is 17.7 Å². The van der Waals surface area contributed by atoms with E-state index in [1.54, 1.807) is 12.1 Å². The van der Waals surface area contributed by atoms with Crippen LogP contribution in [0.25, 0.3) is 11.5 Å². The third-order valence-corrected chi connectivity index (χ3v) is 3.55. The molecule has 3 rings (SSSR count). The zero-order valence-electron chi connectivity index (χ0n) is 13.7. The van der Waals surface area contributed by atoms with Crippen molar-refractivity contribution in [3.63, 3.8) is 0 Å². The summed E-state index contributed by atoms with van der Waals surface area (Å²) in [7, 11) is 0. The fourth-order valence-electron chi connectivity index (χ4n) is 2.19. The van der Waals surface area contributed by atoms with Crippen LogP contribution in [0.5, 0.6) is 5.75 Å². The average Bonchev–Trinajstić information content (AvgIpc) is 3.05. The van der Waals surface area contributed by atoms with E-state index in [4.69, 9.17) is 9.26 Å². The van der Waals surface area contributed by atoms with E-state index in [0.29, 0.717) is 5.89 Å². The molecule has 1 aromatic heterocycles. The molecular weight excluding hydrogens is 325 g/mol. The van der Waals surface area contributed by atoms with Gasteiger partial charge in [0, 0.05) is 5.56 Å². The van der Waals surface area contributed by atoms with Crippen molar-refractivity contribution in [2.75, 3.05) is 5.32 Å². The van der Waals surface area contributed by atoms with Gasteiger partial charge in [-0.15, -0.1) is 0 Å². The van der Waals surface area contributed by atoms with Gasteiger partial charge in [0.1, 0.15) is 0 Å². The van der Waals surface area contributed by atoms with Crippen LogP contribution in [0.3, 0.4) is 0 Å². The molecule has 0 bridgehead atoms. The van der Waals surface area contributed by atoms with Crippen molar-refractivity contribution < 1.29 is 18.4 Å². The van der Waals surface area contributed by atoms with Crippen molar-refractivity contribution in [1.82, 2.24) is 10.1 Å². The molecule has 1 N–H and O–H groups in total. The summed E-state index contributed by atoms with van der Waals surface area (Å²) in [6.45, 7) is 3.42. The summed E-state index contributed by atoms with van der Waals surface area (Å²) in [5, 5.41) is 6.22. The Morgan fingerprint density at radius 3 is 2.68 bits per heavy atom. The SMILES string of the molecule is Cc1ccccc1-c1nc(NC(=O)C(C)Oc2ccccc2F)no1. The van der Waals surface area contributed by atoms with E-state index in [1.807, 2.05) is 31.2 Å². The molecule has 6 nitrogen and oxygen atoms in total. The Bertz CT molecular complexity index is 895. The van der Waals surface area contributed by atoms with Gasteiger partial charge in [-0.1, -0.05) is 30.3 Å². The first-order valence-electron chi connectivity index (χ1n) is 7.66. The molecule has 0 fully saturated rings. The van der Waals surface area contributed by atoms with Crippen LogP contribution in [0.4, 0.5) is 10.3 Å². The Morgan fingerprint density at radius 2 is 1.92 bits per heavy atom. The lowest BCUT2D eigenvalue weighted by Crippen LogP contribution is -2.30. The third-order valence-electron chi connectivity index (χ3n) is 3.55. The fraction of sp³-hybridized carbons (Fsp3) is 0.167. The third kappa shape index (κ3) is 3.82. The maximum atomic E-state index is 13.6. The minimum atomic E-state index is -0.933. The maximum absolute atomic E-state index is 13.6. The van der Waals surface area contributed by atoms with Crippen molar-refractivity contribution in [2.45, 2.75) is 20.0 Å². The number of nitrogens with zero attached hydrogens (tertiary/aromatic N) is 2. The van der Waals surface area contributed by atoms with E-state index in [1.165, 1.54) is 19.1 Å². The van der Waals surface area contributed by atoms with E-state index in [-0.39, 0.29) is 11.7 Å². The van der Waals surface area contributed by atoms with Gasteiger partial charge < -0.3 is 9.26 Å². The summed E-state index contributed by atoms with van der Waals surface area (Å²) >= 11 is 0. The fourth-order valence-corrected chi connectivity index (χ4v) is 2.19. The lowest BCUT2D eigenvalue weighted by molar-refractivity contribution is -0.122. The first-order valence-corrected chi connectivity index (χ1v) is 7.66. The Labute approximate surface area is 143 Å². The van der Waals surface area contributed by atoms with Crippen LogP contribution in [0.15, 0.2) is 53.1 Å². The van der Waals surface area contributed by atoms with Crippen molar-refractivity contribution in [3.05, 3.63) is 59.9 Å². The van der Waals surface area contributed by atoms with Crippen LogP contribution < -0.4 is 10.1 Å². The predicted octanol–water partition coefficient (Wildman–Crippen LogP) is 3.59. The molecule has 0 radical (unpaired) electrons. The molecule has 0 aliphatic heterocycles. The van der Waals surface area contributed by atoms with Gasteiger partial charge in [-0.05, 0) is 42.8 Å². The lowest BCUT2D eigenvalue weighted by atomic mass is 10.1. The Kier molecular flexibility index (Phi) is 4.74. The number of benzene rings is 2. The number of carbonyl (C=O) groups is 1. The topological polar surface area (TPSA) is 77.2 Å². The molecule has 3 aromatic rings. The Balaban J connectivity index is 1.67. The molecule has 0 aliphatic rings. The quantitative estimate of drug-likeness (QED) is 0.767. The second-order valence-electron chi connectivity index (χ2n) is 5.42. The molecular formula is C18H16FN3O3. The average molecular weight is 341 g/mol. The summed E-state index contributed by atoms with van der Waals surface area (Å²) in [5.41, 5.74) is 1.76. The summed E-state index contributed by atoms with van der Waals surface area (Å²) in [5.74, 6) is -0.730. The Hall–Kier alpha value is -3.22. The molecule has 0 aliphatic carbocycles. The summed E-state index contributed by atoms with van der Waals surface area (Å²) in [6.07, 6.45) is -0.933. The second-order valence-corrected chi connectivity index (χ2v) is 5.42. The Morgan fingerprint density at radius 1 is 1.20 bits per heavy atom. The van der Waals surface area contributed by atoms with E-state index in [0.717, 1.165) is 11.1 Å². The van der Waals surface area contributed by atoms with Gasteiger partial charge in [0.15, 0.2) is 17.7 Å².